The van der Waals surface area contributed by atoms with Gasteiger partial charge in [0.1, 0.15) is 0 Å². The van der Waals surface area contributed by atoms with E-state index in [-0.39, 0.29) is 5.91 Å². The van der Waals surface area contributed by atoms with Gasteiger partial charge in [-0.25, -0.2) is 0 Å². The van der Waals surface area contributed by atoms with Crippen molar-refractivity contribution in [1.29, 1.82) is 0 Å². The number of fused-ring (bicyclic) bond motifs is 2. The van der Waals surface area contributed by atoms with Crippen molar-refractivity contribution in [2.45, 2.75) is 19.5 Å². The number of nitrogens with two attached hydrogens (primary N) is 1. The lowest BCUT2D eigenvalue weighted by Gasteiger charge is -2.42. The summed E-state index contributed by atoms with van der Waals surface area (Å²) in [6.07, 6.45) is 0.875. The van der Waals surface area contributed by atoms with E-state index in [0.29, 0.717) is 13.1 Å². The van der Waals surface area contributed by atoms with E-state index in [2.05, 4.69) is 67.7 Å². The summed E-state index contributed by atoms with van der Waals surface area (Å²) >= 11 is 2.30. The van der Waals surface area contributed by atoms with E-state index >= 15 is 0 Å². The largest absolute Gasteiger partial charge is 0.399 e. The molecule has 0 saturated heterocycles. The maximum Gasteiger partial charge on any atom is 0.259 e. The van der Waals surface area contributed by atoms with Gasteiger partial charge >= 0.3 is 0 Å². The minimum absolute atomic E-state index is 0.0951. The average molecular weight is 513 g/mol. The summed E-state index contributed by atoms with van der Waals surface area (Å²) in [5.74, 6) is 0.916. The maximum atomic E-state index is 13.5. The van der Waals surface area contributed by atoms with Crippen molar-refractivity contribution < 1.29 is 4.79 Å². The van der Waals surface area contributed by atoms with Gasteiger partial charge in [0.2, 0.25) is 5.96 Å². The zero-order valence-corrected chi connectivity index (χ0v) is 18.9. The number of nitrogen functional groups attached to an aromatic ring is 1. The second-order valence-corrected chi connectivity index (χ2v) is 9.23. The smallest absolute Gasteiger partial charge is 0.259 e. The van der Waals surface area contributed by atoms with Gasteiger partial charge in [0.25, 0.3) is 5.91 Å². The third kappa shape index (κ3) is 3.72. The van der Waals surface area contributed by atoms with Crippen molar-refractivity contribution in [3.63, 3.8) is 0 Å². The first-order valence-corrected chi connectivity index (χ1v) is 11.3. The van der Waals surface area contributed by atoms with E-state index in [0.717, 1.165) is 55.4 Å². The van der Waals surface area contributed by atoms with Crippen LogP contribution in [0.15, 0.2) is 64.8 Å². The van der Waals surface area contributed by atoms with E-state index in [9.17, 15) is 4.79 Å². The van der Waals surface area contributed by atoms with Crippen molar-refractivity contribution in [2.75, 3.05) is 31.9 Å². The molecule has 0 spiro atoms. The monoisotopic (exact) mass is 513 g/mol. The molecule has 3 aliphatic heterocycles. The van der Waals surface area contributed by atoms with Crippen LogP contribution in [-0.4, -0.2) is 52.7 Å². The minimum Gasteiger partial charge on any atom is -0.399 e. The topological polar surface area (TPSA) is 65.2 Å². The van der Waals surface area contributed by atoms with Crippen LogP contribution >= 0.6 is 22.6 Å². The van der Waals surface area contributed by atoms with Gasteiger partial charge in [-0.2, -0.15) is 0 Å². The SMILES string of the molecule is Nc1cccc(CN2CCC3=C(C2)C(=O)N(Cc2ccc(I)cc2)C2=NCCN23)c1. The number of hydrogen-bond donors (Lipinski definition) is 1. The molecule has 2 aromatic rings. The van der Waals surface area contributed by atoms with Gasteiger partial charge in [0, 0.05) is 47.6 Å². The fraction of sp³-hybridized carbons (Fsp3) is 0.304. The van der Waals surface area contributed by atoms with Crippen LogP contribution in [0.25, 0.3) is 0 Å². The molecular weight excluding hydrogens is 489 g/mol. The molecule has 30 heavy (non-hydrogen) atoms. The first-order chi connectivity index (χ1) is 14.6. The van der Waals surface area contributed by atoms with Crippen molar-refractivity contribution in [3.8, 4) is 0 Å². The number of aliphatic imine (C=N–C) groups is 1. The number of carbonyl (C=O) groups excluding carboxylic acids is 1. The summed E-state index contributed by atoms with van der Waals surface area (Å²) in [7, 11) is 0. The van der Waals surface area contributed by atoms with Crippen molar-refractivity contribution in [3.05, 3.63) is 74.5 Å². The Morgan fingerprint density at radius 1 is 1.03 bits per heavy atom. The number of nitrogens with zero attached hydrogens (tertiary/aromatic N) is 4. The molecule has 3 heterocycles. The lowest BCUT2D eigenvalue weighted by molar-refractivity contribution is -0.125. The summed E-state index contributed by atoms with van der Waals surface area (Å²) in [6, 6.07) is 16.3. The highest BCUT2D eigenvalue weighted by Gasteiger charge is 2.40. The highest BCUT2D eigenvalue weighted by Crippen LogP contribution is 2.32. The van der Waals surface area contributed by atoms with Crippen LogP contribution in [0.2, 0.25) is 0 Å². The fourth-order valence-electron chi connectivity index (χ4n) is 4.47. The molecule has 7 heteroatoms. The maximum absolute atomic E-state index is 13.5. The molecule has 5 rings (SSSR count). The molecule has 0 aromatic heterocycles. The zero-order valence-electron chi connectivity index (χ0n) is 16.7. The number of halogens is 1. The number of anilines is 1. The molecule has 0 aliphatic carbocycles. The molecule has 1 amide bonds. The summed E-state index contributed by atoms with van der Waals surface area (Å²) < 4.78 is 1.19. The van der Waals surface area contributed by atoms with E-state index in [1.54, 1.807) is 0 Å². The van der Waals surface area contributed by atoms with Crippen LogP contribution in [0.3, 0.4) is 0 Å². The Hall–Kier alpha value is -2.39. The number of hydrogen-bond acceptors (Lipinski definition) is 5. The quantitative estimate of drug-likeness (QED) is 0.505. The van der Waals surface area contributed by atoms with Crippen LogP contribution in [-0.2, 0) is 17.9 Å². The lowest BCUT2D eigenvalue weighted by atomic mass is 10.00. The molecule has 6 nitrogen and oxygen atoms in total. The Morgan fingerprint density at radius 2 is 1.87 bits per heavy atom. The van der Waals surface area contributed by atoms with Gasteiger partial charge in [0.15, 0.2) is 0 Å². The molecule has 0 atom stereocenters. The van der Waals surface area contributed by atoms with Gasteiger partial charge in [-0.05, 0) is 58.0 Å². The van der Waals surface area contributed by atoms with Crippen LogP contribution in [0, 0.1) is 3.57 Å². The number of carbonyl (C=O) groups is 1. The highest BCUT2D eigenvalue weighted by molar-refractivity contribution is 14.1. The highest BCUT2D eigenvalue weighted by atomic mass is 127. The molecule has 0 bridgehead atoms. The predicted molar refractivity (Wildman–Crippen MR) is 126 cm³/mol. The summed E-state index contributed by atoms with van der Waals surface area (Å²) in [4.78, 5) is 24.7. The zero-order chi connectivity index (χ0) is 20.7. The first-order valence-electron chi connectivity index (χ1n) is 10.3. The summed E-state index contributed by atoms with van der Waals surface area (Å²) in [5.41, 5.74) is 11.1. The lowest BCUT2D eigenvalue weighted by Crippen LogP contribution is -2.53. The van der Waals surface area contributed by atoms with E-state index in [4.69, 9.17) is 5.73 Å². The molecule has 0 fully saturated rings. The van der Waals surface area contributed by atoms with Gasteiger partial charge in [-0.3, -0.25) is 19.6 Å². The third-order valence-electron chi connectivity index (χ3n) is 5.89. The molecule has 2 N–H and O–H groups in total. The van der Waals surface area contributed by atoms with Crippen molar-refractivity contribution in [2.24, 2.45) is 4.99 Å². The number of rotatable bonds is 4. The molecule has 154 valence electrons. The van der Waals surface area contributed by atoms with Gasteiger partial charge in [-0.15, -0.1) is 0 Å². The number of benzene rings is 2. The Kier molecular flexibility index (Phi) is 5.24. The van der Waals surface area contributed by atoms with Gasteiger partial charge in [-0.1, -0.05) is 24.3 Å². The number of guanidine groups is 1. The molecule has 3 aliphatic rings. The Morgan fingerprint density at radius 3 is 2.67 bits per heavy atom. The van der Waals surface area contributed by atoms with Gasteiger partial charge < -0.3 is 10.6 Å². The van der Waals surface area contributed by atoms with Gasteiger partial charge in [0.05, 0.1) is 18.7 Å². The first kappa shape index (κ1) is 19.6. The predicted octanol–water partition coefficient (Wildman–Crippen LogP) is 3.05. The Balaban J connectivity index is 1.39. The van der Waals surface area contributed by atoms with E-state index < -0.39 is 0 Å². The molecule has 0 saturated carbocycles. The van der Waals surface area contributed by atoms with Crippen molar-refractivity contribution >= 4 is 40.1 Å². The standard InChI is InChI=1S/C23H24IN5O/c24-18-6-4-16(5-7-18)14-29-22(30)20-15-27(13-17-2-1-3-19(25)12-17)10-8-21(20)28-11-9-26-23(28)29/h1-7,12H,8-11,13-15,25H2. The Labute approximate surface area is 190 Å². The van der Waals surface area contributed by atoms with Crippen LogP contribution in [0.1, 0.15) is 17.5 Å². The van der Waals surface area contributed by atoms with Crippen LogP contribution in [0.5, 0.6) is 0 Å². The average Bonchev–Trinajstić information content (AvgIpc) is 3.22. The van der Waals surface area contributed by atoms with E-state index in [1.165, 1.54) is 14.8 Å². The molecule has 0 unspecified atom stereocenters. The normalized spacial score (nSPS) is 19.1. The van der Waals surface area contributed by atoms with E-state index in [1.807, 2.05) is 23.1 Å². The minimum atomic E-state index is 0.0951. The second-order valence-electron chi connectivity index (χ2n) is 7.98. The second kappa shape index (κ2) is 8.03. The third-order valence-corrected chi connectivity index (χ3v) is 6.61. The summed E-state index contributed by atoms with van der Waals surface area (Å²) in [6.45, 7) is 4.55. The van der Waals surface area contributed by atoms with Crippen molar-refractivity contribution in [1.82, 2.24) is 14.7 Å². The fourth-order valence-corrected chi connectivity index (χ4v) is 4.83. The van der Waals surface area contributed by atoms with Crippen LogP contribution in [0.4, 0.5) is 5.69 Å². The number of amides is 1. The molecule has 2 aromatic carbocycles. The van der Waals surface area contributed by atoms with Crippen LogP contribution < -0.4 is 5.73 Å². The summed E-state index contributed by atoms with van der Waals surface area (Å²) in [5, 5.41) is 0. The Bertz CT molecular complexity index is 1050. The molecular formula is C23H24IN5O. The molecule has 0 radical (unpaired) electrons.